The normalized spacial score (nSPS) is 26.3. The van der Waals surface area contributed by atoms with Crippen LogP contribution in [0.25, 0.3) is 0 Å². The van der Waals surface area contributed by atoms with Crippen molar-refractivity contribution >= 4 is 17.5 Å². The van der Waals surface area contributed by atoms with Crippen molar-refractivity contribution in [3.05, 3.63) is 29.3 Å². The van der Waals surface area contributed by atoms with Crippen molar-refractivity contribution in [3.8, 4) is 0 Å². The second-order valence-electron chi connectivity index (χ2n) is 6.52. The number of aliphatic hydroxyl groups is 1. The molecule has 1 aromatic carbocycles. The van der Waals surface area contributed by atoms with Crippen molar-refractivity contribution in [3.63, 3.8) is 0 Å². The van der Waals surface area contributed by atoms with Crippen molar-refractivity contribution in [2.24, 2.45) is 5.41 Å². The summed E-state index contributed by atoms with van der Waals surface area (Å²) in [6.45, 7) is 3.91. The Morgan fingerprint density at radius 2 is 2.14 bits per heavy atom. The summed E-state index contributed by atoms with van der Waals surface area (Å²) in [6.07, 6.45) is 1.36. The minimum atomic E-state index is -0.360. The molecule has 0 radical (unpaired) electrons. The Balaban J connectivity index is 1.73. The Kier molecular flexibility index (Phi) is 3.24. The van der Waals surface area contributed by atoms with Crippen LogP contribution in [0.1, 0.15) is 42.6 Å². The van der Waals surface area contributed by atoms with E-state index in [1.54, 1.807) is 12.1 Å². The predicted octanol–water partition coefficient (Wildman–Crippen LogP) is 1.46. The topological polar surface area (TPSA) is 78.4 Å². The molecular formula is C16H20N2O3. The van der Waals surface area contributed by atoms with Gasteiger partial charge in [0, 0.05) is 29.1 Å². The summed E-state index contributed by atoms with van der Waals surface area (Å²) >= 11 is 0. The van der Waals surface area contributed by atoms with Gasteiger partial charge in [0.05, 0.1) is 6.10 Å². The van der Waals surface area contributed by atoms with Gasteiger partial charge >= 0.3 is 0 Å². The van der Waals surface area contributed by atoms with Gasteiger partial charge in [-0.1, -0.05) is 13.8 Å². The number of fused-ring (bicyclic) bond motifs is 1. The van der Waals surface area contributed by atoms with Crippen LogP contribution < -0.4 is 10.6 Å². The third kappa shape index (κ3) is 2.42. The van der Waals surface area contributed by atoms with Crippen LogP contribution in [0.2, 0.25) is 0 Å². The zero-order valence-corrected chi connectivity index (χ0v) is 12.3. The second kappa shape index (κ2) is 4.84. The molecule has 1 aliphatic carbocycles. The predicted molar refractivity (Wildman–Crippen MR) is 79.1 cm³/mol. The van der Waals surface area contributed by atoms with Crippen LogP contribution in [0.15, 0.2) is 18.2 Å². The van der Waals surface area contributed by atoms with Crippen molar-refractivity contribution in [1.82, 2.24) is 5.32 Å². The first-order valence-electron chi connectivity index (χ1n) is 7.29. The molecule has 3 N–H and O–H groups in total. The molecule has 1 aromatic rings. The van der Waals surface area contributed by atoms with E-state index in [2.05, 4.69) is 10.6 Å². The lowest BCUT2D eigenvalue weighted by atomic mass is 9.64. The molecule has 2 unspecified atom stereocenters. The van der Waals surface area contributed by atoms with Gasteiger partial charge in [0.2, 0.25) is 5.91 Å². The van der Waals surface area contributed by atoms with E-state index in [-0.39, 0.29) is 29.4 Å². The van der Waals surface area contributed by atoms with E-state index in [1.807, 2.05) is 19.9 Å². The lowest BCUT2D eigenvalue weighted by Gasteiger charge is -2.49. The maximum Gasteiger partial charge on any atom is 0.251 e. The quantitative estimate of drug-likeness (QED) is 0.771. The molecule has 2 amide bonds. The highest BCUT2D eigenvalue weighted by atomic mass is 16.3. The van der Waals surface area contributed by atoms with Crippen molar-refractivity contribution in [1.29, 1.82) is 0 Å². The second-order valence-corrected chi connectivity index (χ2v) is 6.52. The molecule has 1 saturated carbocycles. The van der Waals surface area contributed by atoms with E-state index in [1.165, 1.54) is 0 Å². The summed E-state index contributed by atoms with van der Waals surface area (Å²) in [5, 5.41) is 15.5. The van der Waals surface area contributed by atoms with E-state index < -0.39 is 0 Å². The molecular weight excluding hydrogens is 268 g/mol. The molecule has 2 atom stereocenters. The first-order valence-corrected chi connectivity index (χ1v) is 7.29. The molecule has 1 fully saturated rings. The summed E-state index contributed by atoms with van der Waals surface area (Å²) < 4.78 is 0. The Labute approximate surface area is 123 Å². The van der Waals surface area contributed by atoms with E-state index >= 15 is 0 Å². The third-order valence-electron chi connectivity index (χ3n) is 4.78. The molecule has 0 spiro atoms. The highest BCUT2D eigenvalue weighted by molar-refractivity contribution is 5.98. The molecule has 21 heavy (non-hydrogen) atoms. The van der Waals surface area contributed by atoms with E-state index in [9.17, 15) is 14.7 Å². The molecule has 1 aliphatic heterocycles. The highest BCUT2D eigenvalue weighted by Crippen LogP contribution is 2.40. The number of amides is 2. The fourth-order valence-corrected chi connectivity index (χ4v) is 2.91. The Hall–Kier alpha value is -1.88. The molecule has 0 saturated heterocycles. The third-order valence-corrected chi connectivity index (χ3v) is 4.78. The summed E-state index contributed by atoms with van der Waals surface area (Å²) in [6, 6.07) is 5.34. The average molecular weight is 288 g/mol. The van der Waals surface area contributed by atoms with Gasteiger partial charge in [0.1, 0.15) is 0 Å². The first kappa shape index (κ1) is 14.1. The molecule has 3 rings (SSSR count). The van der Waals surface area contributed by atoms with Crippen LogP contribution in [-0.2, 0) is 11.2 Å². The number of aryl methyl sites for hydroxylation is 1. The smallest absolute Gasteiger partial charge is 0.251 e. The summed E-state index contributed by atoms with van der Waals surface area (Å²) in [7, 11) is 0. The molecule has 112 valence electrons. The first-order chi connectivity index (χ1) is 9.88. The Bertz CT molecular complexity index is 610. The van der Waals surface area contributed by atoms with Crippen molar-refractivity contribution in [2.45, 2.75) is 45.3 Å². The van der Waals surface area contributed by atoms with Gasteiger partial charge in [-0.05, 0) is 36.6 Å². The van der Waals surface area contributed by atoms with E-state index in [0.29, 0.717) is 24.8 Å². The zero-order valence-electron chi connectivity index (χ0n) is 12.3. The van der Waals surface area contributed by atoms with Crippen molar-refractivity contribution < 1.29 is 14.7 Å². The number of hydrogen-bond donors (Lipinski definition) is 3. The lowest BCUT2D eigenvalue weighted by Crippen LogP contribution is -2.61. The molecule has 0 bridgehead atoms. The van der Waals surface area contributed by atoms with Crippen LogP contribution in [0.4, 0.5) is 5.69 Å². The number of rotatable bonds is 2. The number of carbonyl (C=O) groups excluding carboxylic acids is 2. The van der Waals surface area contributed by atoms with Crippen LogP contribution >= 0.6 is 0 Å². The number of aliphatic hydroxyl groups excluding tert-OH is 1. The average Bonchev–Trinajstić information content (AvgIpc) is 2.46. The zero-order chi connectivity index (χ0) is 15.2. The fourth-order valence-electron chi connectivity index (χ4n) is 2.91. The maximum absolute atomic E-state index is 12.3. The maximum atomic E-state index is 12.3. The summed E-state index contributed by atoms with van der Waals surface area (Å²) in [5.41, 5.74) is 2.11. The fraction of sp³-hybridized carbons (Fsp3) is 0.500. The molecule has 1 heterocycles. The number of nitrogens with one attached hydrogen (secondary N) is 2. The largest absolute Gasteiger partial charge is 0.392 e. The standard InChI is InChI=1S/C16H20N2O3/c1-16(2)12(8-13(16)19)18-15(21)10-3-5-11-9(7-10)4-6-14(20)17-11/h3,5,7,12-13,19H,4,6,8H2,1-2H3,(H,17,20)(H,18,21). The van der Waals surface area contributed by atoms with Crippen LogP contribution in [0.5, 0.6) is 0 Å². The number of hydrogen-bond acceptors (Lipinski definition) is 3. The van der Waals surface area contributed by atoms with Gasteiger partial charge in [0.25, 0.3) is 5.91 Å². The molecule has 2 aliphatic rings. The number of anilines is 1. The molecule has 5 heteroatoms. The van der Waals surface area contributed by atoms with Gasteiger partial charge in [-0.3, -0.25) is 9.59 Å². The summed E-state index contributed by atoms with van der Waals surface area (Å²) in [4.78, 5) is 23.6. The Morgan fingerprint density at radius 3 is 2.81 bits per heavy atom. The van der Waals surface area contributed by atoms with Crippen LogP contribution in [-0.4, -0.2) is 29.1 Å². The molecule has 0 aromatic heterocycles. The van der Waals surface area contributed by atoms with Crippen LogP contribution in [0.3, 0.4) is 0 Å². The van der Waals surface area contributed by atoms with E-state index in [0.717, 1.165) is 11.3 Å². The monoisotopic (exact) mass is 288 g/mol. The van der Waals surface area contributed by atoms with Gasteiger partial charge in [-0.25, -0.2) is 0 Å². The highest BCUT2D eigenvalue weighted by Gasteiger charge is 2.47. The molecule has 5 nitrogen and oxygen atoms in total. The minimum Gasteiger partial charge on any atom is -0.392 e. The lowest BCUT2D eigenvalue weighted by molar-refractivity contribution is -0.116. The van der Waals surface area contributed by atoms with Gasteiger partial charge < -0.3 is 15.7 Å². The van der Waals surface area contributed by atoms with Gasteiger partial charge in [0.15, 0.2) is 0 Å². The van der Waals surface area contributed by atoms with E-state index in [4.69, 9.17) is 0 Å². The van der Waals surface area contributed by atoms with Gasteiger partial charge in [-0.15, -0.1) is 0 Å². The summed E-state index contributed by atoms with van der Waals surface area (Å²) in [5.74, 6) is -0.107. The number of carbonyl (C=O) groups is 2. The minimum absolute atomic E-state index is 0.00395. The van der Waals surface area contributed by atoms with Crippen LogP contribution in [0, 0.1) is 5.41 Å². The Morgan fingerprint density at radius 1 is 1.38 bits per heavy atom. The SMILES string of the molecule is CC1(C)C(O)CC1NC(=O)c1ccc2c(c1)CCC(=O)N2. The van der Waals surface area contributed by atoms with Crippen molar-refractivity contribution in [2.75, 3.05) is 5.32 Å². The van der Waals surface area contributed by atoms with Gasteiger partial charge in [-0.2, -0.15) is 0 Å². The number of benzene rings is 1.